The van der Waals surface area contributed by atoms with Crippen molar-refractivity contribution in [3.8, 4) is 0 Å². The minimum Gasteiger partial charge on any atom is -0.282 e. The molecule has 0 amide bonds. The number of hydrogen-bond acceptors (Lipinski definition) is 4. The highest BCUT2D eigenvalue weighted by molar-refractivity contribution is 7.85. The Morgan fingerprint density at radius 3 is 2.59 bits per heavy atom. The summed E-state index contributed by atoms with van der Waals surface area (Å²) in [6, 6.07) is 8.95. The molecule has 0 atom stereocenters. The summed E-state index contributed by atoms with van der Waals surface area (Å²) in [5.41, 5.74) is 0.402. The van der Waals surface area contributed by atoms with Crippen LogP contribution in [0.4, 0.5) is 5.69 Å². The normalized spacial score (nSPS) is 11.1. The number of carbonyl (C=O) groups excluding carboxylic acids is 1. The molecule has 2 aromatic carbocycles. The van der Waals surface area contributed by atoms with E-state index in [0.717, 1.165) is 0 Å². The van der Waals surface area contributed by atoms with Crippen molar-refractivity contribution < 1.29 is 17.8 Å². The van der Waals surface area contributed by atoms with E-state index in [1.54, 1.807) is 18.2 Å². The van der Waals surface area contributed by atoms with Gasteiger partial charge in [0.25, 0.3) is 10.1 Å². The highest BCUT2D eigenvalue weighted by Crippen LogP contribution is 2.27. The van der Waals surface area contributed by atoms with Crippen molar-refractivity contribution in [1.82, 2.24) is 0 Å². The summed E-state index contributed by atoms with van der Waals surface area (Å²) in [6.07, 6.45) is 1.43. The minimum absolute atomic E-state index is 0.197. The molecule has 17 heavy (non-hydrogen) atoms. The Labute approximate surface area is 97.2 Å². The van der Waals surface area contributed by atoms with Crippen LogP contribution in [0.15, 0.2) is 46.3 Å². The van der Waals surface area contributed by atoms with Crippen LogP contribution in [0.25, 0.3) is 10.8 Å². The van der Waals surface area contributed by atoms with Crippen LogP contribution < -0.4 is 0 Å². The Kier molecular flexibility index (Phi) is 2.77. The van der Waals surface area contributed by atoms with Crippen molar-refractivity contribution in [1.29, 1.82) is 0 Å². The maximum absolute atomic E-state index is 11.0. The quantitative estimate of drug-likeness (QED) is 0.501. The van der Waals surface area contributed by atoms with Gasteiger partial charge in [0.05, 0.1) is 10.6 Å². The molecule has 1 N–H and O–H groups in total. The van der Waals surface area contributed by atoms with E-state index in [2.05, 4.69) is 4.99 Å². The molecule has 0 fully saturated rings. The number of isocyanates is 1. The third-order valence-electron chi connectivity index (χ3n) is 2.29. The maximum Gasteiger partial charge on any atom is 0.294 e. The van der Waals surface area contributed by atoms with Crippen molar-refractivity contribution in [3.63, 3.8) is 0 Å². The average Bonchev–Trinajstić information content (AvgIpc) is 2.28. The lowest BCUT2D eigenvalue weighted by Crippen LogP contribution is -1.97. The van der Waals surface area contributed by atoms with Gasteiger partial charge in [-0.05, 0) is 23.6 Å². The summed E-state index contributed by atoms with van der Waals surface area (Å²) >= 11 is 0. The van der Waals surface area contributed by atoms with Crippen LogP contribution in [0.2, 0.25) is 0 Å². The van der Waals surface area contributed by atoms with Crippen molar-refractivity contribution in [2.45, 2.75) is 4.90 Å². The molecule has 0 saturated carbocycles. The zero-order valence-corrected chi connectivity index (χ0v) is 9.31. The van der Waals surface area contributed by atoms with Gasteiger partial charge in [0.2, 0.25) is 6.08 Å². The molecule has 0 saturated heterocycles. The van der Waals surface area contributed by atoms with E-state index in [1.807, 2.05) is 0 Å². The SMILES string of the molecule is O=C=Nc1cccc2cc(S(=O)(=O)O)ccc12. The van der Waals surface area contributed by atoms with E-state index in [4.69, 9.17) is 4.55 Å². The van der Waals surface area contributed by atoms with Gasteiger partial charge < -0.3 is 0 Å². The molecule has 0 spiro atoms. The fourth-order valence-electron chi connectivity index (χ4n) is 1.55. The predicted octanol–water partition coefficient (Wildman–Crippen LogP) is 2.05. The molecule has 0 radical (unpaired) electrons. The summed E-state index contributed by atoms with van der Waals surface area (Å²) in [5.74, 6) is 0. The Balaban J connectivity index is 2.77. The van der Waals surface area contributed by atoms with E-state index in [0.29, 0.717) is 16.5 Å². The van der Waals surface area contributed by atoms with Crippen molar-refractivity contribution in [2.75, 3.05) is 0 Å². The van der Waals surface area contributed by atoms with Crippen molar-refractivity contribution >= 4 is 32.7 Å². The van der Waals surface area contributed by atoms with Crippen LogP contribution in [0.5, 0.6) is 0 Å². The average molecular weight is 249 g/mol. The van der Waals surface area contributed by atoms with Crippen LogP contribution in [0.3, 0.4) is 0 Å². The summed E-state index contributed by atoms with van der Waals surface area (Å²) in [4.78, 5) is 13.5. The molecule has 2 aromatic rings. The highest BCUT2D eigenvalue weighted by atomic mass is 32.2. The number of nitrogens with zero attached hydrogens (tertiary/aromatic N) is 1. The van der Waals surface area contributed by atoms with Gasteiger partial charge in [-0.2, -0.15) is 13.4 Å². The molecule has 86 valence electrons. The lowest BCUT2D eigenvalue weighted by molar-refractivity contribution is 0.483. The van der Waals surface area contributed by atoms with Crippen LogP contribution in [-0.4, -0.2) is 19.1 Å². The fraction of sp³-hybridized carbons (Fsp3) is 0. The second-order valence-corrected chi connectivity index (χ2v) is 4.76. The summed E-state index contributed by atoms with van der Waals surface area (Å²) in [6.45, 7) is 0. The Bertz CT molecular complexity index is 730. The molecule has 0 heterocycles. The molecule has 0 bridgehead atoms. The maximum atomic E-state index is 11.0. The Hall–Kier alpha value is -2.01. The number of benzene rings is 2. The first-order valence-electron chi connectivity index (χ1n) is 4.60. The van der Waals surface area contributed by atoms with Crippen molar-refractivity contribution in [3.05, 3.63) is 36.4 Å². The molecule has 0 aliphatic carbocycles. The van der Waals surface area contributed by atoms with E-state index in [1.165, 1.54) is 24.3 Å². The Morgan fingerprint density at radius 2 is 1.94 bits per heavy atom. The largest absolute Gasteiger partial charge is 0.294 e. The van der Waals surface area contributed by atoms with Gasteiger partial charge in [-0.1, -0.05) is 18.2 Å². The summed E-state index contributed by atoms with van der Waals surface area (Å²) < 4.78 is 30.8. The molecule has 5 nitrogen and oxygen atoms in total. The van der Waals surface area contributed by atoms with Crippen LogP contribution in [0, 0.1) is 0 Å². The standard InChI is InChI=1S/C11H7NO4S/c13-7-12-11-3-1-2-8-6-9(17(14,15)16)4-5-10(8)11/h1-6H,(H,14,15,16). The highest BCUT2D eigenvalue weighted by Gasteiger charge is 2.10. The van der Waals surface area contributed by atoms with E-state index >= 15 is 0 Å². The zero-order valence-electron chi connectivity index (χ0n) is 8.49. The molecule has 6 heteroatoms. The fourth-order valence-corrected chi connectivity index (χ4v) is 2.07. The van der Waals surface area contributed by atoms with Gasteiger partial charge in [-0.15, -0.1) is 0 Å². The van der Waals surface area contributed by atoms with E-state index < -0.39 is 10.1 Å². The molecule has 0 aliphatic heterocycles. The smallest absolute Gasteiger partial charge is 0.282 e. The minimum atomic E-state index is -4.23. The van der Waals surface area contributed by atoms with Gasteiger partial charge in [-0.3, -0.25) is 4.55 Å². The Morgan fingerprint density at radius 1 is 1.18 bits per heavy atom. The number of fused-ring (bicyclic) bond motifs is 1. The van der Waals surface area contributed by atoms with Gasteiger partial charge >= 0.3 is 0 Å². The molecule has 0 aliphatic rings. The van der Waals surface area contributed by atoms with Gasteiger partial charge in [0.15, 0.2) is 0 Å². The molecule has 0 aromatic heterocycles. The topological polar surface area (TPSA) is 83.8 Å². The first-order valence-corrected chi connectivity index (χ1v) is 6.04. The lowest BCUT2D eigenvalue weighted by atomic mass is 10.1. The van der Waals surface area contributed by atoms with Crippen molar-refractivity contribution in [2.24, 2.45) is 4.99 Å². The second kappa shape index (κ2) is 4.10. The molecular formula is C11H7NO4S. The number of hydrogen-bond donors (Lipinski definition) is 1. The first-order chi connectivity index (χ1) is 8.02. The van der Waals surface area contributed by atoms with Crippen LogP contribution in [0.1, 0.15) is 0 Å². The predicted molar refractivity (Wildman–Crippen MR) is 61.5 cm³/mol. The van der Waals surface area contributed by atoms with E-state index in [9.17, 15) is 13.2 Å². The first kappa shape index (κ1) is 11.5. The number of aliphatic imine (C=N–C) groups is 1. The van der Waals surface area contributed by atoms with Crippen LogP contribution >= 0.6 is 0 Å². The summed E-state index contributed by atoms with van der Waals surface area (Å²) in [7, 11) is -4.23. The molecular weight excluding hydrogens is 242 g/mol. The monoisotopic (exact) mass is 249 g/mol. The summed E-state index contributed by atoms with van der Waals surface area (Å²) in [5, 5.41) is 1.18. The third kappa shape index (κ3) is 2.24. The number of rotatable bonds is 2. The van der Waals surface area contributed by atoms with Gasteiger partial charge in [0, 0.05) is 5.39 Å². The zero-order chi connectivity index (χ0) is 12.5. The van der Waals surface area contributed by atoms with E-state index in [-0.39, 0.29) is 4.90 Å². The van der Waals surface area contributed by atoms with Gasteiger partial charge in [-0.25, -0.2) is 4.79 Å². The molecule has 0 unspecified atom stereocenters. The second-order valence-electron chi connectivity index (χ2n) is 3.34. The molecule has 2 rings (SSSR count). The lowest BCUT2D eigenvalue weighted by Gasteiger charge is -2.02. The third-order valence-corrected chi connectivity index (χ3v) is 3.14. The van der Waals surface area contributed by atoms with Crippen LogP contribution in [-0.2, 0) is 14.9 Å². The van der Waals surface area contributed by atoms with Gasteiger partial charge in [0.1, 0.15) is 0 Å².